The van der Waals surface area contributed by atoms with E-state index in [2.05, 4.69) is 26.1 Å². The summed E-state index contributed by atoms with van der Waals surface area (Å²) in [5, 5.41) is 26.8. The van der Waals surface area contributed by atoms with Gasteiger partial charge in [-0.1, -0.05) is 27.7 Å². The van der Waals surface area contributed by atoms with E-state index in [1.54, 1.807) is 6.07 Å². The van der Waals surface area contributed by atoms with Crippen LogP contribution in [0.5, 0.6) is 0 Å². The monoisotopic (exact) mass is 359 g/mol. The van der Waals surface area contributed by atoms with Gasteiger partial charge in [-0.2, -0.15) is 0 Å². The summed E-state index contributed by atoms with van der Waals surface area (Å²) in [5.41, 5.74) is 0.257. The van der Waals surface area contributed by atoms with Crippen molar-refractivity contribution in [2.45, 2.75) is 5.22 Å². The molecule has 2 rings (SSSR count). The van der Waals surface area contributed by atoms with Gasteiger partial charge in [0.15, 0.2) is 0 Å². The van der Waals surface area contributed by atoms with Gasteiger partial charge in [0.25, 0.3) is 10.9 Å². The lowest BCUT2D eigenvalue weighted by atomic mass is 10.2. The van der Waals surface area contributed by atoms with Crippen LogP contribution in [0.3, 0.4) is 0 Å². The molecule has 0 unspecified atom stereocenters. The first-order chi connectivity index (χ1) is 9.45. The van der Waals surface area contributed by atoms with E-state index in [-0.39, 0.29) is 22.6 Å². The average molecular weight is 360 g/mol. The molecule has 1 N–H and O–H groups in total. The second-order valence-corrected chi connectivity index (χ2v) is 5.35. The summed E-state index contributed by atoms with van der Waals surface area (Å²) < 4.78 is 5.74. The highest BCUT2D eigenvalue weighted by atomic mass is 79.9. The smallest absolute Gasteiger partial charge is 0.314 e. The Bertz CT molecular complexity index is 675. The minimum Gasteiger partial charge on any atom is -0.481 e. The third-order valence-corrected chi connectivity index (χ3v) is 3.33. The Hall–Kier alpha value is -1.94. The molecular weight excluding hydrogens is 354 g/mol. The number of rotatable bonds is 5. The molecule has 0 spiro atoms. The summed E-state index contributed by atoms with van der Waals surface area (Å²) in [5.74, 6) is -1.13. The minimum atomic E-state index is -1.01. The molecule has 20 heavy (non-hydrogen) atoms. The van der Waals surface area contributed by atoms with Gasteiger partial charge in [-0.15, -0.1) is 10.2 Å². The quantitative estimate of drug-likeness (QED) is 0.491. The summed E-state index contributed by atoms with van der Waals surface area (Å²) in [6.07, 6.45) is 0. The minimum absolute atomic E-state index is 0.0855. The maximum Gasteiger partial charge on any atom is 0.314 e. The fourth-order valence-corrected chi connectivity index (χ4v) is 2.28. The number of aromatic nitrogens is 2. The van der Waals surface area contributed by atoms with E-state index < -0.39 is 10.9 Å². The molecular formula is C10H6BrN3O5S. The number of aliphatic carboxylic acids is 1. The Morgan fingerprint density at radius 3 is 2.85 bits per heavy atom. The van der Waals surface area contributed by atoms with Crippen LogP contribution in [-0.2, 0) is 4.79 Å². The predicted molar refractivity (Wildman–Crippen MR) is 72.4 cm³/mol. The molecule has 0 aliphatic rings. The van der Waals surface area contributed by atoms with Gasteiger partial charge in [0.05, 0.1) is 4.92 Å². The highest BCUT2D eigenvalue weighted by molar-refractivity contribution is 9.10. The molecule has 0 bridgehead atoms. The molecule has 0 amide bonds. The summed E-state index contributed by atoms with van der Waals surface area (Å²) >= 11 is 4.03. The average Bonchev–Trinajstić information content (AvgIpc) is 2.84. The summed E-state index contributed by atoms with van der Waals surface area (Å²) in [4.78, 5) is 20.7. The van der Waals surface area contributed by atoms with Crippen LogP contribution in [0.2, 0.25) is 0 Å². The first-order valence-electron chi connectivity index (χ1n) is 5.09. The third-order valence-electron chi connectivity index (χ3n) is 2.07. The van der Waals surface area contributed by atoms with Crippen molar-refractivity contribution in [3.63, 3.8) is 0 Å². The fourth-order valence-electron chi connectivity index (χ4n) is 1.31. The largest absolute Gasteiger partial charge is 0.481 e. The number of benzene rings is 1. The molecule has 10 heteroatoms. The second kappa shape index (κ2) is 6.01. The number of carboxylic acids is 1. The van der Waals surface area contributed by atoms with Crippen LogP contribution in [0.25, 0.3) is 11.5 Å². The zero-order chi connectivity index (χ0) is 14.7. The van der Waals surface area contributed by atoms with Crippen molar-refractivity contribution in [1.29, 1.82) is 0 Å². The van der Waals surface area contributed by atoms with E-state index in [0.29, 0.717) is 10.0 Å². The van der Waals surface area contributed by atoms with Crippen molar-refractivity contribution in [2.24, 2.45) is 0 Å². The number of thioether (sulfide) groups is 1. The molecule has 0 atom stereocenters. The first kappa shape index (κ1) is 14.5. The first-order valence-corrected chi connectivity index (χ1v) is 6.87. The Morgan fingerprint density at radius 1 is 1.45 bits per heavy atom. The predicted octanol–water partition coefficient (Wildman–Crippen LogP) is 2.58. The van der Waals surface area contributed by atoms with Crippen LogP contribution in [0.4, 0.5) is 5.69 Å². The second-order valence-electron chi connectivity index (χ2n) is 3.51. The van der Waals surface area contributed by atoms with E-state index in [1.165, 1.54) is 12.1 Å². The van der Waals surface area contributed by atoms with Crippen LogP contribution in [-0.4, -0.2) is 31.9 Å². The number of halogens is 1. The lowest BCUT2D eigenvalue weighted by Crippen LogP contribution is -1.97. The van der Waals surface area contributed by atoms with Crippen molar-refractivity contribution in [2.75, 3.05) is 5.75 Å². The van der Waals surface area contributed by atoms with Gasteiger partial charge in [-0.05, 0) is 6.07 Å². The molecule has 104 valence electrons. The molecule has 0 saturated heterocycles. The van der Waals surface area contributed by atoms with Crippen LogP contribution in [0.15, 0.2) is 32.3 Å². The number of carbonyl (C=O) groups is 1. The van der Waals surface area contributed by atoms with E-state index in [9.17, 15) is 14.9 Å². The van der Waals surface area contributed by atoms with Crippen LogP contribution < -0.4 is 0 Å². The van der Waals surface area contributed by atoms with Gasteiger partial charge in [0.2, 0.25) is 5.89 Å². The number of nitro benzene ring substituents is 1. The highest BCUT2D eigenvalue weighted by Gasteiger charge is 2.15. The van der Waals surface area contributed by atoms with Gasteiger partial charge in [-0.3, -0.25) is 14.9 Å². The highest BCUT2D eigenvalue weighted by Crippen LogP contribution is 2.29. The van der Waals surface area contributed by atoms with E-state index >= 15 is 0 Å². The maximum absolute atomic E-state index is 10.8. The van der Waals surface area contributed by atoms with Gasteiger partial charge in [-0.25, -0.2) is 0 Å². The van der Waals surface area contributed by atoms with Gasteiger partial charge >= 0.3 is 5.97 Å². The van der Waals surface area contributed by atoms with Gasteiger partial charge < -0.3 is 9.52 Å². The Morgan fingerprint density at radius 2 is 2.20 bits per heavy atom. The Balaban J connectivity index is 2.27. The molecule has 0 saturated carbocycles. The summed E-state index contributed by atoms with van der Waals surface area (Å²) in [6, 6.07) is 4.23. The fraction of sp³-hybridized carbons (Fsp3) is 0.100. The van der Waals surface area contributed by atoms with Crippen molar-refractivity contribution in [3.8, 4) is 11.5 Å². The molecule has 0 aliphatic carbocycles. The number of carboxylic acid groups (broad SMARTS) is 1. The molecule has 0 fully saturated rings. The molecule has 8 nitrogen and oxygen atoms in total. The van der Waals surface area contributed by atoms with Crippen molar-refractivity contribution < 1.29 is 19.2 Å². The molecule has 1 aromatic carbocycles. The summed E-state index contributed by atoms with van der Waals surface area (Å²) in [6.45, 7) is 0. The van der Waals surface area contributed by atoms with Crippen molar-refractivity contribution in [3.05, 3.63) is 32.8 Å². The number of nitro groups is 1. The lowest BCUT2D eigenvalue weighted by molar-refractivity contribution is -0.384. The maximum atomic E-state index is 10.8. The lowest BCUT2D eigenvalue weighted by Gasteiger charge is -1.97. The topological polar surface area (TPSA) is 119 Å². The number of hydrogen-bond donors (Lipinski definition) is 1. The van der Waals surface area contributed by atoms with Crippen molar-refractivity contribution >= 4 is 39.3 Å². The van der Waals surface area contributed by atoms with Gasteiger partial charge in [0.1, 0.15) is 5.75 Å². The molecule has 0 aliphatic heterocycles. The van der Waals surface area contributed by atoms with Crippen LogP contribution in [0, 0.1) is 10.1 Å². The van der Waals surface area contributed by atoms with Gasteiger partial charge in [0, 0.05) is 22.2 Å². The SMILES string of the molecule is O=C(O)CSc1nnc(-c2cc(Br)cc([N+](=O)[O-])c2)o1. The van der Waals surface area contributed by atoms with Crippen molar-refractivity contribution in [1.82, 2.24) is 10.2 Å². The Labute approximate surface area is 124 Å². The molecule has 1 aromatic heterocycles. The Kier molecular flexibility index (Phi) is 4.35. The molecule has 1 heterocycles. The molecule has 0 radical (unpaired) electrons. The number of non-ortho nitro benzene ring substituents is 1. The molecule has 2 aromatic rings. The van der Waals surface area contributed by atoms with Crippen LogP contribution >= 0.6 is 27.7 Å². The van der Waals surface area contributed by atoms with E-state index in [4.69, 9.17) is 9.52 Å². The van der Waals surface area contributed by atoms with E-state index in [1.807, 2.05) is 0 Å². The number of nitrogens with zero attached hydrogens (tertiary/aromatic N) is 3. The number of hydrogen-bond acceptors (Lipinski definition) is 7. The van der Waals surface area contributed by atoms with Crippen LogP contribution in [0.1, 0.15) is 0 Å². The third kappa shape index (κ3) is 3.54. The summed E-state index contributed by atoms with van der Waals surface area (Å²) in [7, 11) is 0. The standard InChI is InChI=1S/C10H6BrN3O5S/c11-6-1-5(2-7(3-6)14(17)18)9-12-13-10(19-9)20-4-8(15)16/h1-3H,4H2,(H,15,16). The van der Waals surface area contributed by atoms with E-state index in [0.717, 1.165) is 11.8 Å². The normalized spacial score (nSPS) is 10.4. The zero-order valence-electron chi connectivity index (χ0n) is 9.65. The zero-order valence-corrected chi connectivity index (χ0v) is 12.0.